The Hall–Kier alpha value is -3.37. The van der Waals surface area contributed by atoms with Gasteiger partial charge in [-0.2, -0.15) is 5.26 Å². The lowest BCUT2D eigenvalue weighted by atomic mass is 10.0. The predicted molar refractivity (Wildman–Crippen MR) is 110 cm³/mol. The van der Waals surface area contributed by atoms with Gasteiger partial charge >= 0.3 is 0 Å². The van der Waals surface area contributed by atoms with Crippen LogP contribution >= 0.6 is 0 Å². The zero-order valence-electron chi connectivity index (χ0n) is 16.3. The Balaban J connectivity index is 1.65. The molecule has 1 aliphatic heterocycles. The second-order valence-electron chi connectivity index (χ2n) is 7.36. The summed E-state index contributed by atoms with van der Waals surface area (Å²) >= 11 is 0. The van der Waals surface area contributed by atoms with Gasteiger partial charge in [0.1, 0.15) is 18.4 Å². The zero-order chi connectivity index (χ0) is 20.1. The molecule has 1 fully saturated rings. The summed E-state index contributed by atoms with van der Waals surface area (Å²) in [6.07, 6.45) is 7.03. The van der Waals surface area contributed by atoms with Gasteiger partial charge in [0.15, 0.2) is 0 Å². The van der Waals surface area contributed by atoms with Crippen molar-refractivity contribution in [1.82, 2.24) is 19.8 Å². The highest BCUT2D eigenvalue weighted by molar-refractivity contribution is 5.54. The standard InChI is InChI=1S/C22H24N6O/c23-13-19-6-7-21(12-20(19)15-26-10-2-1-3-11-26)28(27-16-24-25-17-27)14-18-4-8-22(29)9-5-18/h4-9,12,16-17,29H,1-3,10-11,14-15H2. The molecule has 2 aromatic carbocycles. The largest absolute Gasteiger partial charge is 0.508 e. The smallest absolute Gasteiger partial charge is 0.139 e. The molecule has 0 unspecified atom stereocenters. The van der Waals surface area contributed by atoms with E-state index in [1.807, 2.05) is 34.0 Å². The minimum atomic E-state index is 0.242. The fourth-order valence-corrected chi connectivity index (χ4v) is 3.74. The Kier molecular flexibility index (Phi) is 5.73. The van der Waals surface area contributed by atoms with Crippen molar-refractivity contribution in [1.29, 1.82) is 5.26 Å². The van der Waals surface area contributed by atoms with Crippen LogP contribution in [0.3, 0.4) is 0 Å². The molecule has 0 aliphatic carbocycles. The van der Waals surface area contributed by atoms with Crippen LogP contribution in [0.4, 0.5) is 5.69 Å². The van der Waals surface area contributed by atoms with E-state index >= 15 is 0 Å². The number of phenolic OH excluding ortho intramolecular Hbond substituents is 1. The molecule has 0 amide bonds. The second-order valence-corrected chi connectivity index (χ2v) is 7.36. The molecule has 2 heterocycles. The number of nitriles is 1. The second kappa shape index (κ2) is 8.76. The average Bonchev–Trinajstić information content (AvgIpc) is 3.29. The first-order chi connectivity index (χ1) is 14.2. The maximum absolute atomic E-state index is 9.59. The Bertz CT molecular complexity index is 972. The number of anilines is 1. The van der Waals surface area contributed by atoms with Crippen LogP contribution in [0.15, 0.2) is 55.1 Å². The summed E-state index contributed by atoms with van der Waals surface area (Å²) < 4.78 is 1.83. The monoisotopic (exact) mass is 388 g/mol. The van der Waals surface area contributed by atoms with Crippen LogP contribution in [0.1, 0.15) is 36.0 Å². The van der Waals surface area contributed by atoms with Crippen molar-refractivity contribution in [2.24, 2.45) is 0 Å². The quantitative estimate of drug-likeness (QED) is 0.698. The first-order valence-corrected chi connectivity index (χ1v) is 9.89. The minimum Gasteiger partial charge on any atom is -0.508 e. The summed E-state index contributed by atoms with van der Waals surface area (Å²) in [5.41, 5.74) is 3.76. The lowest BCUT2D eigenvalue weighted by Gasteiger charge is -2.28. The van der Waals surface area contributed by atoms with Crippen molar-refractivity contribution in [2.75, 3.05) is 18.1 Å². The van der Waals surface area contributed by atoms with E-state index in [2.05, 4.69) is 27.2 Å². The highest BCUT2D eigenvalue weighted by Gasteiger charge is 2.16. The van der Waals surface area contributed by atoms with Gasteiger partial charge in [0.25, 0.3) is 0 Å². The van der Waals surface area contributed by atoms with Crippen LogP contribution in [0, 0.1) is 11.3 Å². The summed E-state index contributed by atoms with van der Waals surface area (Å²) in [4.78, 5) is 2.42. The topological polar surface area (TPSA) is 81.2 Å². The summed E-state index contributed by atoms with van der Waals surface area (Å²) in [6, 6.07) is 15.4. The van der Waals surface area contributed by atoms with E-state index in [0.29, 0.717) is 12.1 Å². The number of rotatable bonds is 6. The molecule has 7 nitrogen and oxygen atoms in total. The molecule has 0 bridgehead atoms. The molecule has 3 aromatic rings. The highest BCUT2D eigenvalue weighted by atomic mass is 16.3. The number of benzene rings is 2. The molecular formula is C22H24N6O. The number of hydrogen-bond donors (Lipinski definition) is 1. The first kappa shape index (κ1) is 19.0. The van der Waals surface area contributed by atoms with Crippen LogP contribution in [0.25, 0.3) is 0 Å². The number of likely N-dealkylation sites (tertiary alicyclic amines) is 1. The van der Waals surface area contributed by atoms with Crippen LogP contribution < -0.4 is 5.01 Å². The van der Waals surface area contributed by atoms with Gasteiger partial charge in [0, 0.05) is 6.54 Å². The van der Waals surface area contributed by atoms with Gasteiger partial charge < -0.3 is 5.11 Å². The summed E-state index contributed by atoms with van der Waals surface area (Å²) in [5, 5.41) is 29.1. The molecule has 1 aliphatic rings. The fraction of sp³-hybridized carbons (Fsp3) is 0.318. The maximum atomic E-state index is 9.59. The predicted octanol–water partition coefficient (Wildman–Crippen LogP) is 3.31. The molecule has 4 rings (SSSR count). The van der Waals surface area contributed by atoms with Gasteiger partial charge in [0.2, 0.25) is 0 Å². The number of hydrogen-bond acceptors (Lipinski definition) is 6. The third-order valence-corrected chi connectivity index (χ3v) is 5.30. The van der Waals surface area contributed by atoms with Crippen LogP contribution in [-0.2, 0) is 13.1 Å². The average molecular weight is 388 g/mol. The molecule has 7 heteroatoms. The Morgan fingerprint density at radius 1 is 1.00 bits per heavy atom. The van der Waals surface area contributed by atoms with E-state index in [4.69, 9.17) is 0 Å². The van der Waals surface area contributed by atoms with Crippen LogP contribution in [0.5, 0.6) is 5.75 Å². The van der Waals surface area contributed by atoms with E-state index in [1.165, 1.54) is 19.3 Å². The molecule has 148 valence electrons. The van der Waals surface area contributed by atoms with Gasteiger partial charge in [0.05, 0.1) is 23.9 Å². The summed E-state index contributed by atoms with van der Waals surface area (Å²) in [7, 11) is 0. The molecular weight excluding hydrogens is 364 g/mol. The molecule has 29 heavy (non-hydrogen) atoms. The van der Waals surface area contributed by atoms with E-state index in [-0.39, 0.29) is 5.75 Å². The SMILES string of the molecule is N#Cc1ccc(N(Cc2ccc(O)cc2)n2cnnc2)cc1CN1CCCCC1. The van der Waals surface area contributed by atoms with Crippen LogP contribution in [0.2, 0.25) is 0 Å². The van der Waals surface area contributed by atoms with Gasteiger partial charge in [-0.15, -0.1) is 10.2 Å². The van der Waals surface area contributed by atoms with Gasteiger partial charge in [-0.3, -0.25) is 9.91 Å². The van der Waals surface area contributed by atoms with Crippen molar-refractivity contribution in [3.63, 3.8) is 0 Å². The molecule has 1 saturated heterocycles. The zero-order valence-corrected chi connectivity index (χ0v) is 16.3. The lowest BCUT2D eigenvalue weighted by Crippen LogP contribution is -2.30. The molecule has 0 spiro atoms. The third kappa shape index (κ3) is 4.55. The fourth-order valence-electron chi connectivity index (χ4n) is 3.74. The summed E-state index contributed by atoms with van der Waals surface area (Å²) in [6.45, 7) is 3.52. The third-order valence-electron chi connectivity index (χ3n) is 5.30. The van der Waals surface area contributed by atoms with Gasteiger partial charge in [-0.25, -0.2) is 4.68 Å². The number of nitrogens with zero attached hydrogens (tertiary/aromatic N) is 6. The highest BCUT2D eigenvalue weighted by Crippen LogP contribution is 2.24. The lowest BCUT2D eigenvalue weighted by molar-refractivity contribution is 0.221. The van der Waals surface area contributed by atoms with Crippen molar-refractivity contribution >= 4 is 5.69 Å². The Morgan fingerprint density at radius 2 is 1.72 bits per heavy atom. The normalized spacial score (nSPS) is 14.4. The number of piperidine rings is 1. The van der Waals surface area contributed by atoms with Gasteiger partial charge in [-0.05, 0) is 67.4 Å². The Morgan fingerprint density at radius 3 is 2.41 bits per heavy atom. The van der Waals surface area contributed by atoms with Crippen LogP contribution in [-0.4, -0.2) is 38.0 Å². The van der Waals surface area contributed by atoms with E-state index in [1.54, 1.807) is 24.8 Å². The number of aromatic nitrogens is 3. The molecule has 0 atom stereocenters. The van der Waals surface area contributed by atoms with Crippen molar-refractivity contribution in [2.45, 2.75) is 32.4 Å². The molecule has 0 radical (unpaired) electrons. The first-order valence-electron chi connectivity index (χ1n) is 9.89. The number of aromatic hydroxyl groups is 1. The minimum absolute atomic E-state index is 0.242. The van der Waals surface area contributed by atoms with E-state index in [9.17, 15) is 10.4 Å². The summed E-state index contributed by atoms with van der Waals surface area (Å²) in [5.74, 6) is 0.242. The van der Waals surface area contributed by atoms with E-state index in [0.717, 1.165) is 36.4 Å². The molecule has 1 N–H and O–H groups in total. The number of phenols is 1. The van der Waals surface area contributed by atoms with Crippen molar-refractivity contribution in [3.05, 3.63) is 71.8 Å². The van der Waals surface area contributed by atoms with Crippen molar-refractivity contribution in [3.8, 4) is 11.8 Å². The molecule has 0 saturated carbocycles. The molecule has 1 aromatic heterocycles. The maximum Gasteiger partial charge on any atom is 0.139 e. The van der Waals surface area contributed by atoms with E-state index < -0.39 is 0 Å². The Labute approximate surface area is 170 Å². The van der Waals surface area contributed by atoms with Crippen molar-refractivity contribution < 1.29 is 5.11 Å². The van der Waals surface area contributed by atoms with Gasteiger partial charge in [-0.1, -0.05) is 18.6 Å².